The zero-order valence-corrected chi connectivity index (χ0v) is 12.2. The lowest BCUT2D eigenvalue weighted by molar-refractivity contribution is -0.137. The molecule has 0 unspecified atom stereocenters. The number of amides is 1. The monoisotopic (exact) mass is 332 g/mol. The van der Waals surface area contributed by atoms with E-state index in [2.05, 4.69) is 15.4 Å². The fourth-order valence-electron chi connectivity index (χ4n) is 2.11. The number of halogens is 3. The maximum atomic E-state index is 13.0. The first-order valence-electron chi connectivity index (χ1n) is 6.89. The van der Waals surface area contributed by atoms with Gasteiger partial charge in [0.25, 0.3) is 5.91 Å². The Bertz CT molecular complexity index is 846. The summed E-state index contributed by atoms with van der Waals surface area (Å²) in [5.41, 5.74) is -0.461. The molecule has 0 fully saturated rings. The first-order valence-corrected chi connectivity index (χ1v) is 6.89. The number of carbonyl (C=O) groups is 1. The van der Waals surface area contributed by atoms with Gasteiger partial charge >= 0.3 is 6.18 Å². The highest BCUT2D eigenvalue weighted by atomic mass is 19.4. The van der Waals surface area contributed by atoms with Crippen molar-refractivity contribution in [3.8, 4) is 5.69 Å². The van der Waals surface area contributed by atoms with E-state index in [4.69, 9.17) is 0 Å². The Morgan fingerprint density at radius 3 is 2.54 bits per heavy atom. The molecule has 0 aliphatic heterocycles. The quantitative estimate of drug-likeness (QED) is 0.798. The van der Waals surface area contributed by atoms with Crippen LogP contribution in [0.5, 0.6) is 0 Å². The van der Waals surface area contributed by atoms with Gasteiger partial charge in [-0.2, -0.15) is 18.3 Å². The molecule has 0 bridgehead atoms. The molecule has 0 saturated carbocycles. The van der Waals surface area contributed by atoms with Crippen LogP contribution in [0.15, 0.2) is 61.1 Å². The highest BCUT2D eigenvalue weighted by molar-refractivity contribution is 6.04. The summed E-state index contributed by atoms with van der Waals surface area (Å²) in [5, 5.41) is 6.45. The number of aromatic nitrogens is 3. The van der Waals surface area contributed by atoms with Crippen LogP contribution < -0.4 is 5.32 Å². The number of alkyl halides is 3. The fourth-order valence-corrected chi connectivity index (χ4v) is 2.11. The number of pyridine rings is 1. The number of hydrogen-bond donors (Lipinski definition) is 1. The fraction of sp³-hybridized carbons (Fsp3) is 0.0625. The van der Waals surface area contributed by atoms with Gasteiger partial charge in [0.05, 0.1) is 16.9 Å². The molecular weight excluding hydrogens is 321 g/mol. The molecule has 24 heavy (non-hydrogen) atoms. The SMILES string of the molecule is O=C(Nc1cc(C(F)(F)F)ccc1-n1cccn1)c1ccccn1. The van der Waals surface area contributed by atoms with Gasteiger partial charge in [0, 0.05) is 18.6 Å². The molecule has 3 rings (SSSR count). The first kappa shape index (κ1) is 15.7. The molecule has 2 heterocycles. The third kappa shape index (κ3) is 3.27. The average Bonchev–Trinajstić information content (AvgIpc) is 3.09. The van der Waals surface area contributed by atoms with E-state index in [0.717, 1.165) is 12.1 Å². The number of carbonyl (C=O) groups excluding carboxylic acids is 1. The lowest BCUT2D eigenvalue weighted by Crippen LogP contribution is -2.16. The first-order chi connectivity index (χ1) is 11.4. The Hall–Kier alpha value is -3.16. The van der Waals surface area contributed by atoms with Gasteiger partial charge in [-0.15, -0.1) is 0 Å². The maximum Gasteiger partial charge on any atom is 0.416 e. The van der Waals surface area contributed by atoms with Crippen LogP contribution in [-0.2, 0) is 6.18 Å². The second kappa shape index (κ2) is 6.15. The Morgan fingerprint density at radius 2 is 1.92 bits per heavy atom. The molecule has 2 aromatic heterocycles. The summed E-state index contributed by atoms with van der Waals surface area (Å²) in [5.74, 6) is -0.608. The summed E-state index contributed by atoms with van der Waals surface area (Å²) < 4.78 is 40.2. The minimum Gasteiger partial charge on any atom is -0.319 e. The van der Waals surface area contributed by atoms with Crippen molar-refractivity contribution >= 4 is 11.6 Å². The molecular formula is C16H11F3N4O. The van der Waals surface area contributed by atoms with Gasteiger partial charge in [-0.3, -0.25) is 9.78 Å². The highest BCUT2D eigenvalue weighted by Crippen LogP contribution is 2.33. The number of hydrogen-bond acceptors (Lipinski definition) is 3. The molecule has 0 aliphatic rings. The van der Waals surface area contributed by atoms with Crippen molar-refractivity contribution in [2.45, 2.75) is 6.18 Å². The summed E-state index contributed by atoms with van der Waals surface area (Å²) in [6.45, 7) is 0. The largest absolute Gasteiger partial charge is 0.416 e. The molecule has 0 saturated heterocycles. The molecule has 0 aliphatic carbocycles. The van der Waals surface area contributed by atoms with Crippen LogP contribution in [0.2, 0.25) is 0 Å². The van der Waals surface area contributed by atoms with Crippen LogP contribution in [0, 0.1) is 0 Å². The summed E-state index contributed by atoms with van der Waals surface area (Å²) >= 11 is 0. The number of anilines is 1. The zero-order valence-electron chi connectivity index (χ0n) is 12.2. The summed E-state index contributed by atoms with van der Waals surface area (Å²) in [7, 11) is 0. The number of nitrogens with one attached hydrogen (secondary N) is 1. The standard InChI is InChI=1S/C16H11F3N4O/c17-16(18,19)11-5-6-14(23-9-3-8-21-23)13(10-11)22-15(24)12-4-1-2-7-20-12/h1-10H,(H,22,24). The molecule has 1 amide bonds. The summed E-state index contributed by atoms with van der Waals surface area (Å²) in [6, 6.07) is 9.41. The van der Waals surface area contributed by atoms with E-state index in [1.54, 1.807) is 24.4 Å². The van der Waals surface area contributed by atoms with E-state index >= 15 is 0 Å². The van der Waals surface area contributed by atoms with E-state index in [0.29, 0.717) is 5.69 Å². The molecule has 1 N–H and O–H groups in total. The third-order valence-corrected chi connectivity index (χ3v) is 3.22. The predicted molar refractivity (Wildman–Crippen MR) is 80.8 cm³/mol. The van der Waals surface area contributed by atoms with E-state index in [9.17, 15) is 18.0 Å². The van der Waals surface area contributed by atoms with Gasteiger partial charge in [-0.25, -0.2) is 4.68 Å². The predicted octanol–water partition coefficient (Wildman–Crippen LogP) is 3.54. The second-order valence-electron chi connectivity index (χ2n) is 4.85. The van der Waals surface area contributed by atoms with Crippen molar-refractivity contribution in [2.24, 2.45) is 0 Å². The van der Waals surface area contributed by atoms with E-state index in [1.165, 1.54) is 29.2 Å². The molecule has 0 atom stereocenters. The van der Waals surface area contributed by atoms with Crippen LogP contribution in [0.25, 0.3) is 5.69 Å². The van der Waals surface area contributed by atoms with Crippen LogP contribution in [-0.4, -0.2) is 20.7 Å². The van der Waals surface area contributed by atoms with E-state index < -0.39 is 17.6 Å². The molecule has 0 spiro atoms. The molecule has 1 aromatic carbocycles. The topological polar surface area (TPSA) is 59.8 Å². The third-order valence-electron chi connectivity index (χ3n) is 3.22. The smallest absolute Gasteiger partial charge is 0.319 e. The van der Waals surface area contributed by atoms with Crippen LogP contribution >= 0.6 is 0 Å². The molecule has 3 aromatic rings. The van der Waals surface area contributed by atoms with Crippen LogP contribution in [0.3, 0.4) is 0 Å². The van der Waals surface area contributed by atoms with Crippen molar-refractivity contribution in [1.29, 1.82) is 0 Å². The van der Waals surface area contributed by atoms with Crippen molar-refractivity contribution in [2.75, 3.05) is 5.32 Å². The van der Waals surface area contributed by atoms with Crippen molar-refractivity contribution in [3.63, 3.8) is 0 Å². The van der Waals surface area contributed by atoms with Gasteiger partial charge in [0.1, 0.15) is 5.69 Å². The normalized spacial score (nSPS) is 11.3. The van der Waals surface area contributed by atoms with Gasteiger partial charge in [0.15, 0.2) is 0 Å². The molecule has 122 valence electrons. The minimum absolute atomic E-state index is 0.0100. The second-order valence-corrected chi connectivity index (χ2v) is 4.85. The van der Waals surface area contributed by atoms with E-state index in [-0.39, 0.29) is 11.4 Å². The van der Waals surface area contributed by atoms with Gasteiger partial charge < -0.3 is 5.32 Å². The number of nitrogens with zero attached hydrogens (tertiary/aromatic N) is 3. The highest BCUT2D eigenvalue weighted by Gasteiger charge is 2.31. The Kier molecular flexibility index (Phi) is 4.03. The van der Waals surface area contributed by atoms with Crippen molar-refractivity contribution in [3.05, 3.63) is 72.3 Å². The number of benzene rings is 1. The average molecular weight is 332 g/mol. The summed E-state index contributed by atoms with van der Waals surface area (Å²) in [4.78, 5) is 16.1. The lowest BCUT2D eigenvalue weighted by atomic mass is 10.1. The zero-order chi connectivity index (χ0) is 17.2. The van der Waals surface area contributed by atoms with Gasteiger partial charge in [-0.05, 0) is 36.4 Å². The van der Waals surface area contributed by atoms with Gasteiger partial charge in [0.2, 0.25) is 0 Å². The Balaban J connectivity index is 2.01. The van der Waals surface area contributed by atoms with Gasteiger partial charge in [-0.1, -0.05) is 6.07 Å². The molecule has 5 nitrogen and oxygen atoms in total. The molecule has 8 heteroatoms. The Labute approximate surface area is 134 Å². The Morgan fingerprint density at radius 1 is 1.08 bits per heavy atom. The molecule has 0 radical (unpaired) electrons. The van der Waals surface area contributed by atoms with Crippen LogP contribution in [0.4, 0.5) is 18.9 Å². The number of rotatable bonds is 3. The van der Waals surface area contributed by atoms with E-state index in [1.807, 2.05) is 0 Å². The van der Waals surface area contributed by atoms with Crippen LogP contribution in [0.1, 0.15) is 16.1 Å². The summed E-state index contributed by atoms with van der Waals surface area (Å²) in [6.07, 6.45) is -0.0381. The maximum absolute atomic E-state index is 13.0. The minimum atomic E-state index is -4.52. The van der Waals surface area contributed by atoms with Crippen molar-refractivity contribution < 1.29 is 18.0 Å². The van der Waals surface area contributed by atoms with Crippen molar-refractivity contribution in [1.82, 2.24) is 14.8 Å². The lowest BCUT2D eigenvalue weighted by Gasteiger charge is -2.14.